The summed E-state index contributed by atoms with van der Waals surface area (Å²) in [7, 11) is 1.97. The van der Waals surface area contributed by atoms with Crippen LogP contribution >= 0.6 is 0 Å². The minimum Gasteiger partial charge on any atom is -0.453 e. The number of carbonyl (C=O) groups is 2. The van der Waals surface area contributed by atoms with Crippen molar-refractivity contribution in [1.82, 2.24) is 4.90 Å². The van der Waals surface area contributed by atoms with Gasteiger partial charge in [0.2, 0.25) is 0 Å². The zero-order valence-corrected chi connectivity index (χ0v) is 24.5. The number of esters is 1. The van der Waals surface area contributed by atoms with Crippen LogP contribution in [0.1, 0.15) is 67.9 Å². The summed E-state index contributed by atoms with van der Waals surface area (Å²) in [5, 5.41) is 23.3. The molecular weight excluding hydrogens is 536 g/mol. The summed E-state index contributed by atoms with van der Waals surface area (Å²) in [5.41, 5.74) is 3.87. The summed E-state index contributed by atoms with van der Waals surface area (Å²) in [4.78, 5) is 25.9. The maximum absolute atomic E-state index is 12.5. The van der Waals surface area contributed by atoms with Crippen molar-refractivity contribution < 1.29 is 34.0 Å². The Kier molecular flexibility index (Phi) is 10.8. The predicted molar refractivity (Wildman–Crippen MR) is 158 cm³/mol. The number of nitrogens with zero attached hydrogens (tertiary/aromatic N) is 1. The van der Waals surface area contributed by atoms with E-state index in [9.17, 15) is 19.8 Å². The van der Waals surface area contributed by atoms with Crippen LogP contribution in [0.4, 0.5) is 5.69 Å². The van der Waals surface area contributed by atoms with Gasteiger partial charge in [-0.1, -0.05) is 66.7 Å². The first-order chi connectivity index (χ1) is 20.1. The fourth-order valence-corrected chi connectivity index (χ4v) is 5.00. The van der Waals surface area contributed by atoms with Gasteiger partial charge in [-0.3, -0.25) is 14.5 Å². The van der Waals surface area contributed by atoms with Gasteiger partial charge in [0.15, 0.2) is 12.4 Å². The fraction of sp³-hybridized carbons (Fsp3) is 0.394. The van der Waals surface area contributed by atoms with Crippen LogP contribution in [0, 0.1) is 0 Å². The molecule has 0 unspecified atom stereocenters. The first kappa shape index (κ1) is 31.3. The van der Waals surface area contributed by atoms with Gasteiger partial charge < -0.3 is 29.7 Å². The average molecular weight is 577 g/mol. The van der Waals surface area contributed by atoms with Gasteiger partial charge >= 0.3 is 5.97 Å². The molecule has 42 heavy (non-hydrogen) atoms. The Hall–Kier alpha value is -3.60. The topological polar surface area (TPSA) is 118 Å². The minimum absolute atomic E-state index is 0.0405. The van der Waals surface area contributed by atoms with Crippen molar-refractivity contribution in [3.05, 3.63) is 101 Å². The molecule has 0 aliphatic carbocycles. The lowest BCUT2D eigenvalue weighted by molar-refractivity contribution is -0.253. The van der Waals surface area contributed by atoms with Gasteiger partial charge in [0.25, 0.3) is 5.91 Å². The number of hydrogen-bond donors (Lipinski definition) is 3. The van der Waals surface area contributed by atoms with Crippen LogP contribution in [0.5, 0.6) is 0 Å². The second-order valence-corrected chi connectivity index (χ2v) is 10.8. The quantitative estimate of drug-likeness (QED) is 0.282. The molecule has 3 aromatic carbocycles. The van der Waals surface area contributed by atoms with Gasteiger partial charge in [-0.15, -0.1) is 0 Å². The van der Waals surface area contributed by atoms with Crippen LogP contribution in [0.2, 0.25) is 0 Å². The van der Waals surface area contributed by atoms with Gasteiger partial charge in [0.05, 0.1) is 24.9 Å². The summed E-state index contributed by atoms with van der Waals surface area (Å²) >= 11 is 0. The molecule has 1 fully saturated rings. The highest BCUT2D eigenvalue weighted by Crippen LogP contribution is 2.39. The van der Waals surface area contributed by atoms with Crippen molar-refractivity contribution in [2.75, 3.05) is 18.9 Å². The number of hydrogen-bond acceptors (Lipinski definition) is 8. The number of anilines is 1. The largest absolute Gasteiger partial charge is 0.453 e. The van der Waals surface area contributed by atoms with Crippen molar-refractivity contribution in [1.29, 1.82) is 0 Å². The molecule has 3 N–H and O–H groups in total. The summed E-state index contributed by atoms with van der Waals surface area (Å²) in [6.07, 6.45) is -2.26. The Labute approximate surface area is 247 Å². The van der Waals surface area contributed by atoms with Crippen LogP contribution in [-0.4, -0.2) is 58.8 Å². The number of nitrogens with one attached hydrogen (secondary N) is 1. The maximum Gasteiger partial charge on any atom is 0.303 e. The van der Waals surface area contributed by atoms with E-state index in [2.05, 4.69) is 10.2 Å². The second kappa shape index (κ2) is 14.5. The fourth-order valence-electron chi connectivity index (χ4n) is 5.00. The number of amides is 1. The Balaban J connectivity index is 1.53. The zero-order chi connectivity index (χ0) is 30.2. The molecule has 0 aromatic heterocycles. The SMILES string of the molecule is CC(=O)O[C@@H](C)C(=O)Nc1cccc([C@@H]2O[C@H](CN(C)[C@H](C)[C@@H](O)c3ccccc3)C[C@H](c3ccc(CO)cc3)O2)c1. The molecule has 1 aliphatic rings. The predicted octanol–water partition coefficient (Wildman–Crippen LogP) is 4.67. The number of carbonyl (C=O) groups excluding carboxylic acids is 2. The second-order valence-electron chi connectivity index (χ2n) is 10.8. The highest BCUT2D eigenvalue weighted by atomic mass is 16.7. The molecule has 1 aliphatic heterocycles. The lowest BCUT2D eigenvalue weighted by Gasteiger charge is -2.39. The van der Waals surface area contributed by atoms with Crippen molar-refractivity contribution in [2.24, 2.45) is 0 Å². The molecule has 1 heterocycles. The first-order valence-electron chi connectivity index (χ1n) is 14.2. The molecule has 6 atom stereocenters. The molecule has 0 radical (unpaired) electrons. The van der Waals surface area contributed by atoms with Crippen molar-refractivity contribution in [3.8, 4) is 0 Å². The minimum atomic E-state index is -0.937. The summed E-state index contributed by atoms with van der Waals surface area (Å²) in [6, 6.07) is 24.3. The molecular formula is C33H40N2O7. The highest BCUT2D eigenvalue weighted by molar-refractivity contribution is 5.95. The lowest BCUT2D eigenvalue weighted by atomic mass is 9.98. The molecule has 9 nitrogen and oxygen atoms in total. The number of ether oxygens (including phenoxy) is 3. The van der Waals surface area contributed by atoms with Crippen LogP contribution in [0.15, 0.2) is 78.9 Å². The zero-order valence-electron chi connectivity index (χ0n) is 24.5. The molecule has 3 aromatic rings. The molecule has 1 amide bonds. The van der Waals surface area contributed by atoms with E-state index < -0.39 is 30.4 Å². The van der Waals surface area contributed by atoms with E-state index in [0.29, 0.717) is 18.7 Å². The third-order valence-corrected chi connectivity index (χ3v) is 7.54. The smallest absolute Gasteiger partial charge is 0.303 e. The number of likely N-dealkylation sites (N-methyl/N-ethyl adjacent to an activating group) is 1. The van der Waals surface area contributed by atoms with Crippen LogP contribution in [0.3, 0.4) is 0 Å². The van der Waals surface area contributed by atoms with Gasteiger partial charge in [-0.25, -0.2) is 0 Å². The Morgan fingerprint density at radius 3 is 2.38 bits per heavy atom. The van der Waals surface area contributed by atoms with E-state index in [-0.39, 0.29) is 24.9 Å². The number of rotatable bonds is 11. The number of aliphatic hydroxyl groups is 2. The molecule has 0 saturated carbocycles. The Bertz CT molecular complexity index is 1320. The van der Waals surface area contributed by atoms with Crippen molar-refractivity contribution >= 4 is 17.6 Å². The number of aliphatic hydroxyl groups excluding tert-OH is 2. The van der Waals surface area contributed by atoms with Gasteiger partial charge in [0.1, 0.15) is 0 Å². The highest BCUT2D eigenvalue weighted by Gasteiger charge is 2.34. The molecule has 224 valence electrons. The molecule has 4 rings (SSSR count). The Morgan fingerprint density at radius 1 is 1.00 bits per heavy atom. The van der Waals surface area contributed by atoms with Gasteiger partial charge in [-0.05, 0) is 49.7 Å². The van der Waals surface area contributed by atoms with Gasteiger partial charge in [0, 0.05) is 37.2 Å². The lowest BCUT2D eigenvalue weighted by Crippen LogP contribution is -2.43. The molecule has 0 bridgehead atoms. The molecule has 0 spiro atoms. The maximum atomic E-state index is 12.5. The van der Waals surface area contributed by atoms with Crippen molar-refractivity contribution in [3.63, 3.8) is 0 Å². The summed E-state index contributed by atoms with van der Waals surface area (Å²) in [5.74, 6) is -0.977. The number of benzene rings is 3. The van der Waals surface area contributed by atoms with E-state index in [1.807, 2.05) is 74.6 Å². The average Bonchev–Trinajstić information content (AvgIpc) is 3.00. The van der Waals surface area contributed by atoms with E-state index in [1.54, 1.807) is 18.2 Å². The molecule has 9 heteroatoms. The van der Waals surface area contributed by atoms with Crippen molar-refractivity contribution in [2.45, 2.75) is 70.5 Å². The van der Waals surface area contributed by atoms with E-state index >= 15 is 0 Å². The monoisotopic (exact) mass is 576 g/mol. The normalized spacial score (nSPS) is 20.9. The van der Waals surface area contributed by atoms with E-state index in [4.69, 9.17) is 14.2 Å². The molecule has 1 saturated heterocycles. The van der Waals surface area contributed by atoms with Crippen LogP contribution in [-0.2, 0) is 30.4 Å². The first-order valence-corrected chi connectivity index (χ1v) is 14.2. The van der Waals surface area contributed by atoms with Gasteiger partial charge in [-0.2, -0.15) is 0 Å². The van der Waals surface area contributed by atoms with Crippen LogP contribution < -0.4 is 5.32 Å². The third kappa shape index (κ3) is 8.24. The third-order valence-electron chi connectivity index (χ3n) is 7.54. The van der Waals surface area contributed by atoms with Crippen LogP contribution in [0.25, 0.3) is 0 Å². The summed E-state index contributed by atoms with van der Waals surface area (Å²) < 4.78 is 17.9. The Morgan fingerprint density at radius 2 is 1.71 bits per heavy atom. The van der Waals surface area contributed by atoms with E-state index in [1.165, 1.54) is 13.8 Å². The van der Waals surface area contributed by atoms with E-state index in [0.717, 1.165) is 22.3 Å². The standard InChI is InChI=1S/C33H40N2O7/c1-21(31(38)26-9-6-5-7-10-26)35(4)19-29-18-30(25-15-13-24(20-36)14-16-25)42-33(41-29)27-11-8-12-28(17-27)34-32(39)22(2)40-23(3)37/h5-17,21-22,29-31,33,36,38H,18-20H2,1-4H3,(H,34,39)/t21-,22+,29+,30-,31-,33-/m1/s1. The summed E-state index contributed by atoms with van der Waals surface area (Å²) in [6.45, 7) is 5.26.